The van der Waals surface area contributed by atoms with Gasteiger partial charge in [-0.3, -0.25) is 20.0 Å². The number of aliphatic carboxylic acids is 1. The number of carbonyl (C=O) groups is 1. The van der Waals surface area contributed by atoms with Gasteiger partial charge in [0.1, 0.15) is 17.3 Å². The third-order valence-electron chi connectivity index (χ3n) is 1.98. The Hall–Kier alpha value is -1.92. The zero-order valence-corrected chi connectivity index (χ0v) is 7.64. The highest BCUT2D eigenvalue weighted by Crippen LogP contribution is 2.29. The average molecular weight is 199 g/mol. The summed E-state index contributed by atoms with van der Waals surface area (Å²) < 4.78 is 0. The van der Waals surface area contributed by atoms with E-state index in [1.165, 1.54) is 13.8 Å². The fourth-order valence-corrected chi connectivity index (χ4v) is 0.985. The van der Waals surface area contributed by atoms with Crippen molar-refractivity contribution in [3.05, 3.63) is 22.0 Å². The Morgan fingerprint density at radius 2 is 2.29 bits per heavy atom. The first-order valence-corrected chi connectivity index (χ1v) is 3.79. The van der Waals surface area contributed by atoms with Crippen LogP contribution in [0.4, 0.5) is 5.69 Å². The number of carboxylic acids is 1. The van der Waals surface area contributed by atoms with Crippen LogP contribution in [0.1, 0.15) is 19.5 Å². The minimum atomic E-state index is -1.35. The third kappa shape index (κ3) is 1.43. The lowest BCUT2D eigenvalue weighted by Gasteiger charge is -2.15. The number of aromatic nitrogens is 2. The summed E-state index contributed by atoms with van der Waals surface area (Å²) in [4.78, 5) is 20.7. The van der Waals surface area contributed by atoms with Crippen LogP contribution in [-0.2, 0) is 10.2 Å². The summed E-state index contributed by atoms with van der Waals surface area (Å²) in [6, 6.07) is 0. The molecular weight excluding hydrogens is 190 g/mol. The first-order chi connectivity index (χ1) is 6.37. The highest BCUT2D eigenvalue weighted by atomic mass is 16.6. The van der Waals surface area contributed by atoms with Crippen LogP contribution in [0.25, 0.3) is 0 Å². The van der Waals surface area contributed by atoms with E-state index in [1.807, 2.05) is 0 Å². The molecular formula is C7H9N3O4. The van der Waals surface area contributed by atoms with Gasteiger partial charge in [0, 0.05) is 0 Å². The Morgan fingerprint density at radius 1 is 1.71 bits per heavy atom. The lowest BCUT2D eigenvalue weighted by atomic mass is 9.89. The van der Waals surface area contributed by atoms with Crippen molar-refractivity contribution in [2.45, 2.75) is 19.3 Å². The molecule has 7 nitrogen and oxygen atoms in total. The largest absolute Gasteiger partial charge is 0.481 e. The zero-order chi connectivity index (χ0) is 10.9. The highest BCUT2D eigenvalue weighted by molar-refractivity contribution is 5.81. The van der Waals surface area contributed by atoms with Gasteiger partial charge < -0.3 is 5.11 Å². The first kappa shape index (κ1) is 10.2. The van der Waals surface area contributed by atoms with Crippen LogP contribution >= 0.6 is 0 Å². The second kappa shape index (κ2) is 3.09. The van der Waals surface area contributed by atoms with E-state index in [9.17, 15) is 14.9 Å². The van der Waals surface area contributed by atoms with Gasteiger partial charge in [0.15, 0.2) is 0 Å². The van der Waals surface area contributed by atoms with Crippen molar-refractivity contribution in [2.24, 2.45) is 0 Å². The van der Waals surface area contributed by atoms with Gasteiger partial charge in [0.2, 0.25) is 0 Å². The lowest BCUT2D eigenvalue weighted by Crippen LogP contribution is -2.29. The van der Waals surface area contributed by atoms with Gasteiger partial charge in [0.25, 0.3) is 0 Å². The maximum Gasteiger partial charge on any atom is 0.315 e. The number of carboxylic acid groups (broad SMARTS) is 1. The Morgan fingerprint density at radius 3 is 2.71 bits per heavy atom. The maximum atomic E-state index is 10.8. The molecule has 0 unspecified atom stereocenters. The van der Waals surface area contributed by atoms with Crippen LogP contribution in [0.5, 0.6) is 0 Å². The number of rotatable bonds is 3. The third-order valence-corrected chi connectivity index (χ3v) is 1.98. The molecule has 0 fully saturated rings. The summed E-state index contributed by atoms with van der Waals surface area (Å²) in [5.74, 6) is -1.15. The van der Waals surface area contributed by atoms with Gasteiger partial charge in [-0.15, -0.1) is 0 Å². The molecule has 0 radical (unpaired) electrons. The average Bonchev–Trinajstić information content (AvgIpc) is 2.51. The predicted molar refractivity (Wildman–Crippen MR) is 45.9 cm³/mol. The number of nitrogens with zero attached hydrogens (tertiary/aromatic N) is 2. The summed E-state index contributed by atoms with van der Waals surface area (Å²) in [6.07, 6.45) is 1.00. The SMILES string of the molecule is CC(C)(C(=O)O)c1[nH]ncc1[N+](=O)[O-]. The van der Waals surface area contributed by atoms with Gasteiger partial charge in [-0.1, -0.05) is 0 Å². The summed E-state index contributed by atoms with van der Waals surface area (Å²) in [5, 5.41) is 25.2. The normalized spacial score (nSPS) is 11.3. The lowest BCUT2D eigenvalue weighted by molar-refractivity contribution is -0.386. The molecule has 0 aromatic carbocycles. The Balaban J connectivity index is 3.25. The number of hydrogen-bond donors (Lipinski definition) is 2. The molecule has 14 heavy (non-hydrogen) atoms. The number of nitrogens with one attached hydrogen (secondary N) is 1. The van der Waals surface area contributed by atoms with Crippen LogP contribution in [0.3, 0.4) is 0 Å². The van der Waals surface area contributed by atoms with Crippen LogP contribution in [0.15, 0.2) is 6.20 Å². The summed E-state index contributed by atoms with van der Waals surface area (Å²) >= 11 is 0. The molecule has 0 spiro atoms. The van der Waals surface area contributed by atoms with Gasteiger partial charge in [-0.2, -0.15) is 5.10 Å². The number of nitro groups is 1. The van der Waals surface area contributed by atoms with Crippen LogP contribution < -0.4 is 0 Å². The summed E-state index contributed by atoms with van der Waals surface area (Å²) in [7, 11) is 0. The molecule has 0 saturated heterocycles. The number of aromatic amines is 1. The van der Waals surface area contributed by atoms with Gasteiger partial charge in [-0.05, 0) is 13.8 Å². The zero-order valence-electron chi connectivity index (χ0n) is 7.64. The molecule has 0 saturated carbocycles. The van der Waals surface area contributed by atoms with E-state index in [-0.39, 0.29) is 11.4 Å². The molecule has 7 heteroatoms. The minimum absolute atomic E-state index is 0.00463. The molecule has 0 aliphatic carbocycles. The number of hydrogen-bond acceptors (Lipinski definition) is 4. The van der Waals surface area contributed by atoms with Crippen LogP contribution in [-0.4, -0.2) is 26.2 Å². The highest BCUT2D eigenvalue weighted by Gasteiger charge is 2.37. The van der Waals surface area contributed by atoms with Crippen molar-refractivity contribution < 1.29 is 14.8 Å². The Labute approximate surface area is 78.9 Å². The monoisotopic (exact) mass is 199 g/mol. The fourth-order valence-electron chi connectivity index (χ4n) is 0.985. The van der Waals surface area contributed by atoms with Crippen molar-refractivity contribution >= 4 is 11.7 Å². The quantitative estimate of drug-likeness (QED) is 0.549. The van der Waals surface area contributed by atoms with Crippen LogP contribution in [0, 0.1) is 10.1 Å². The molecule has 2 N–H and O–H groups in total. The van der Waals surface area contributed by atoms with E-state index in [4.69, 9.17) is 5.11 Å². The molecule has 1 aromatic rings. The topological polar surface area (TPSA) is 109 Å². The van der Waals surface area contributed by atoms with E-state index in [1.54, 1.807) is 0 Å². The van der Waals surface area contributed by atoms with E-state index < -0.39 is 16.3 Å². The van der Waals surface area contributed by atoms with E-state index >= 15 is 0 Å². The van der Waals surface area contributed by atoms with E-state index in [0.29, 0.717) is 0 Å². The van der Waals surface area contributed by atoms with Crippen molar-refractivity contribution in [3.63, 3.8) is 0 Å². The molecule has 0 bridgehead atoms. The second-order valence-corrected chi connectivity index (χ2v) is 3.32. The van der Waals surface area contributed by atoms with Gasteiger partial charge >= 0.3 is 11.7 Å². The Bertz CT molecular complexity index is 382. The molecule has 1 aromatic heterocycles. The van der Waals surface area contributed by atoms with E-state index in [0.717, 1.165) is 6.20 Å². The fraction of sp³-hybridized carbons (Fsp3) is 0.429. The van der Waals surface area contributed by atoms with Crippen LogP contribution in [0.2, 0.25) is 0 Å². The molecule has 0 amide bonds. The number of H-pyrrole nitrogens is 1. The molecule has 0 aliphatic heterocycles. The predicted octanol–water partition coefficient (Wildman–Crippen LogP) is 0.680. The van der Waals surface area contributed by atoms with Crippen molar-refractivity contribution in [2.75, 3.05) is 0 Å². The van der Waals surface area contributed by atoms with Gasteiger partial charge in [-0.25, -0.2) is 0 Å². The molecule has 1 heterocycles. The summed E-state index contributed by atoms with van der Waals surface area (Å²) in [5.41, 5.74) is -1.66. The molecule has 1 rings (SSSR count). The van der Waals surface area contributed by atoms with Crippen molar-refractivity contribution in [1.29, 1.82) is 0 Å². The Kier molecular flexibility index (Phi) is 2.24. The summed E-state index contributed by atoms with van der Waals surface area (Å²) in [6.45, 7) is 2.74. The second-order valence-electron chi connectivity index (χ2n) is 3.32. The van der Waals surface area contributed by atoms with E-state index in [2.05, 4.69) is 10.2 Å². The smallest absolute Gasteiger partial charge is 0.315 e. The first-order valence-electron chi connectivity index (χ1n) is 3.79. The molecule has 76 valence electrons. The molecule has 0 aliphatic rings. The van der Waals surface area contributed by atoms with Crippen molar-refractivity contribution in [1.82, 2.24) is 10.2 Å². The van der Waals surface area contributed by atoms with Gasteiger partial charge in [0.05, 0.1) is 4.92 Å². The molecule has 0 atom stereocenters. The standard InChI is InChI=1S/C7H9N3O4/c1-7(2,6(11)12)5-4(10(13)14)3-8-9-5/h3H,1-2H3,(H,8,9)(H,11,12). The minimum Gasteiger partial charge on any atom is -0.481 e. The van der Waals surface area contributed by atoms with Crippen molar-refractivity contribution in [3.8, 4) is 0 Å². The maximum absolute atomic E-state index is 10.8.